The lowest BCUT2D eigenvalue weighted by Crippen LogP contribution is -2.45. The van der Waals surface area contributed by atoms with E-state index in [2.05, 4.69) is 15.5 Å². The SMILES string of the molecule is CCSc1nnc(NC(=O)[C@H](C)N(c2ccc(OC)cc2)S(C)(=O)=O)s1. The molecule has 1 aromatic heterocycles. The van der Waals surface area contributed by atoms with Gasteiger partial charge in [0, 0.05) is 0 Å². The number of ether oxygens (including phenoxy) is 1. The van der Waals surface area contributed by atoms with E-state index in [0.717, 1.165) is 20.7 Å². The Labute approximate surface area is 161 Å². The van der Waals surface area contributed by atoms with Crippen molar-refractivity contribution in [3.8, 4) is 5.75 Å². The molecule has 1 amide bonds. The number of sulfonamides is 1. The molecule has 1 heterocycles. The molecule has 26 heavy (non-hydrogen) atoms. The van der Waals surface area contributed by atoms with Crippen LogP contribution in [0.15, 0.2) is 28.6 Å². The van der Waals surface area contributed by atoms with Crippen LogP contribution in [0.3, 0.4) is 0 Å². The van der Waals surface area contributed by atoms with E-state index < -0.39 is 22.0 Å². The van der Waals surface area contributed by atoms with E-state index in [4.69, 9.17) is 4.74 Å². The number of hydrogen-bond donors (Lipinski definition) is 1. The van der Waals surface area contributed by atoms with Crippen molar-refractivity contribution in [3.63, 3.8) is 0 Å². The lowest BCUT2D eigenvalue weighted by molar-refractivity contribution is -0.116. The third-order valence-electron chi connectivity index (χ3n) is 3.32. The standard InChI is InChI=1S/C15H20N4O4S3/c1-5-24-15-18-17-14(25-15)16-13(20)10(2)19(26(4,21)22)11-6-8-12(23-3)9-7-11/h6-10H,5H2,1-4H3,(H,16,17,20)/t10-/m0/s1. The van der Waals surface area contributed by atoms with Gasteiger partial charge >= 0.3 is 0 Å². The summed E-state index contributed by atoms with van der Waals surface area (Å²) in [6, 6.07) is 5.48. The maximum atomic E-state index is 12.6. The highest BCUT2D eigenvalue weighted by Crippen LogP contribution is 2.27. The van der Waals surface area contributed by atoms with Gasteiger partial charge < -0.3 is 4.74 Å². The predicted octanol–water partition coefficient (Wildman–Crippen LogP) is 2.45. The maximum absolute atomic E-state index is 12.6. The molecule has 0 spiro atoms. The van der Waals surface area contributed by atoms with Gasteiger partial charge in [-0.1, -0.05) is 30.0 Å². The van der Waals surface area contributed by atoms with Crippen LogP contribution in [0.5, 0.6) is 5.75 Å². The van der Waals surface area contributed by atoms with Gasteiger partial charge in [-0.05, 0) is 36.9 Å². The average molecular weight is 417 g/mol. The number of anilines is 2. The molecule has 8 nitrogen and oxygen atoms in total. The smallest absolute Gasteiger partial charge is 0.249 e. The summed E-state index contributed by atoms with van der Waals surface area (Å²) in [5, 5.41) is 10.8. The Morgan fingerprint density at radius 3 is 2.54 bits per heavy atom. The van der Waals surface area contributed by atoms with Crippen molar-refractivity contribution < 1.29 is 17.9 Å². The van der Waals surface area contributed by atoms with E-state index in [1.54, 1.807) is 24.3 Å². The van der Waals surface area contributed by atoms with Crippen LogP contribution in [0.1, 0.15) is 13.8 Å². The van der Waals surface area contributed by atoms with Gasteiger partial charge in [0.15, 0.2) is 4.34 Å². The first kappa shape index (κ1) is 20.5. The van der Waals surface area contributed by atoms with E-state index in [0.29, 0.717) is 16.6 Å². The Bertz CT molecular complexity index is 852. The van der Waals surface area contributed by atoms with Gasteiger partial charge in [-0.15, -0.1) is 10.2 Å². The first-order valence-electron chi connectivity index (χ1n) is 7.67. The van der Waals surface area contributed by atoms with E-state index in [1.807, 2.05) is 6.92 Å². The molecule has 11 heteroatoms. The molecule has 0 fully saturated rings. The van der Waals surface area contributed by atoms with Crippen molar-refractivity contribution in [2.24, 2.45) is 0 Å². The fraction of sp³-hybridized carbons (Fsp3) is 0.400. The van der Waals surface area contributed by atoms with Crippen LogP contribution in [0, 0.1) is 0 Å². The largest absolute Gasteiger partial charge is 0.497 e. The minimum atomic E-state index is -3.68. The van der Waals surface area contributed by atoms with Crippen molar-refractivity contribution >= 4 is 49.8 Å². The second kappa shape index (κ2) is 8.69. The Morgan fingerprint density at radius 2 is 2.00 bits per heavy atom. The summed E-state index contributed by atoms with van der Waals surface area (Å²) in [7, 11) is -2.16. The second-order valence-electron chi connectivity index (χ2n) is 5.23. The molecule has 142 valence electrons. The Kier molecular flexibility index (Phi) is 6.84. The van der Waals surface area contributed by atoms with E-state index in [-0.39, 0.29) is 0 Å². The molecule has 0 radical (unpaired) electrons. The highest BCUT2D eigenvalue weighted by atomic mass is 32.2. The van der Waals surface area contributed by atoms with Crippen LogP contribution < -0.4 is 14.4 Å². The first-order chi connectivity index (χ1) is 12.3. The third kappa shape index (κ3) is 5.08. The Morgan fingerprint density at radius 1 is 1.35 bits per heavy atom. The number of benzene rings is 1. The van der Waals surface area contributed by atoms with E-state index in [1.165, 1.54) is 37.1 Å². The molecule has 2 aromatic rings. The van der Waals surface area contributed by atoms with Gasteiger partial charge in [0.05, 0.1) is 19.1 Å². The molecule has 0 bridgehead atoms. The normalized spacial score (nSPS) is 12.5. The van der Waals surface area contributed by atoms with E-state index in [9.17, 15) is 13.2 Å². The van der Waals surface area contributed by atoms with Crippen LogP contribution in [-0.4, -0.2) is 49.7 Å². The number of thioether (sulfide) groups is 1. The number of hydrogen-bond acceptors (Lipinski definition) is 8. The highest BCUT2D eigenvalue weighted by molar-refractivity contribution is 8.01. The van der Waals surface area contributed by atoms with Crippen LogP contribution in [0.4, 0.5) is 10.8 Å². The zero-order valence-corrected chi connectivity index (χ0v) is 17.2. The molecule has 0 saturated carbocycles. The number of nitrogens with one attached hydrogen (secondary N) is 1. The van der Waals surface area contributed by atoms with Gasteiger partial charge in [0.2, 0.25) is 21.1 Å². The summed E-state index contributed by atoms with van der Waals surface area (Å²) >= 11 is 2.77. The molecule has 1 atom stereocenters. The molecule has 0 unspecified atom stereocenters. The predicted molar refractivity (Wildman–Crippen MR) is 105 cm³/mol. The summed E-state index contributed by atoms with van der Waals surface area (Å²) in [5.74, 6) is 0.947. The fourth-order valence-corrected chi connectivity index (χ4v) is 5.02. The summed E-state index contributed by atoms with van der Waals surface area (Å²) in [6.45, 7) is 3.51. The minimum absolute atomic E-state index is 0.334. The number of rotatable bonds is 8. The lowest BCUT2D eigenvalue weighted by atomic mass is 10.2. The van der Waals surface area contributed by atoms with Gasteiger partial charge in [0.25, 0.3) is 0 Å². The second-order valence-corrected chi connectivity index (χ2v) is 9.58. The summed E-state index contributed by atoms with van der Waals surface area (Å²) in [6.07, 6.45) is 1.06. The summed E-state index contributed by atoms with van der Waals surface area (Å²) < 4.78 is 31.4. The molecule has 2 rings (SSSR count). The van der Waals surface area contributed by atoms with Crippen molar-refractivity contribution in [2.45, 2.75) is 24.2 Å². The minimum Gasteiger partial charge on any atom is -0.497 e. The number of amides is 1. The lowest BCUT2D eigenvalue weighted by Gasteiger charge is -2.27. The van der Waals surface area contributed by atoms with Crippen molar-refractivity contribution in [2.75, 3.05) is 28.7 Å². The van der Waals surface area contributed by atoms with Crippen LogP contribution in [-0.2, 0) is 14.8 Å². The van der Waals surface area contributed by atoms with Crippen LogP contribution >= 0.6 is 23.1 Å². The monoisotopic (exact) mass is 416 g/mol. The zero-order valence-electron chi connectivity index (χ0n) is 14.8. The third-order valence-corrected chi connectivity index (χ3v) is 6.42. The topological polar surface area (TPSA) is 101 Å². The quantitative estimate of drug-likeness (QED) is 0.521. The number of aromatic nitrogens is 2. The van der Waals surface area contributed by atoms with E-state index >= 15 is 0 Å². The van der Waals surface area contributed by atoms with Crippen LogP contribution in [0.2, 0.25) is 0 Å². The molecule has 1 N–H and O–H groups in total. The first-order valence-corrected chi connectivity index (χ1v) is 11.3. The number of carbonyl (C=O) groups is 1. The van der Waals surface area contributed by atoms with Gasteiger partial charge in [-0.25, -0.2) is 8.42 Å². The average Bonchev–Trinajstić information content (AvgIpc) is 3.01. The fourth-order valence-electron chi connectivity index (χ4n) is 2.19. The van der Waals surface area contributed by atoms with Gasteiger partial charge in [-0.2, -0.15) is 0 Å². The molecule has 0 aliphatic carbocycles. The van der Waals surface area contributed by atoms with Gasteiger partial charge in [-0.3, -0.25) is 14.4 Å². The number of carbonyl (C=O) groups excluding carboxylic acids is 1. The van der Waals surface area contributed by atoms with Crippen molar-refractivity contribution in [1.29, 1.82) is 0 Å². The highest BCUT2D eigenvalue weighted by Gasteiger charge is 2.29. The van der Waals surface area contributed by atoms with Crippen molar-refractivity contribution in [3.05, 3.63) is 24.3 Å². The summed E-state index contributed by atoms with van der Waals surface area (Å²) in [4.78, 5) is 12.6. The van der Waals surface area contributed by atoms with Gasteiger partial charge in [0.1, 0.15) is 11.8 Å². The Hall–Kier alpha value is -1.85. The molecule has 0 aliphatic heterocycles. The zero-order chi connectivity index (χ0) is 19.3. The molecule has 1 aromatic carbocycles. The number of nitrogens with zero attached hydrogens (tertiary/aromatic N) is 3. The summed E-state index contributed by atoms with van der Waals surface area (Å²) in [5.41, 5.74) is 0.371. The maximum Gasteiger partial charge on any atom is 0.249 e. The Balaban J connectivity index is 2.22. The molecule has 0 saturated heterocycles. The number of methoxy groups -OCH3 is 1. The molecular weight excluding hydrogens is 396 g/mol. The molecular formula is C15H20N4O4S3. The molecule has 0 aliphatic rings. The van der Waals surface area contributed by atoms with Crippen molar-refractivity contribution in [1.82, 2.24) is 10.2 Å². The van der Waals surface area contributed by atoms with Crippen LogP contribution in [0.25, 0.3) is 0 Å².